The summed E-state index contributed by atoms with van der Waals surface area (Å²) < 4.78 is 18.3. The van der Waals surface area contributed by atoms with Crippen molar-refractivity contribution in [1.82, 2.24) is 4.98 Å². The van der Waals surface area contributed by atoms with Gasteiger partial charge in [0.25, 0.3) is 11.6 Å². The van der Waals surface area contributed by atoms with Gasteiger partial charge in [-0.2, -0.15) is 0 Å². The second-order valence-electron chi connectivity index (χ2n) is 6.66. The van der Waals surface area contributed by atoms with Crippen molar-refractivity contribution in [2.24, 2.45) is 0 Å². The summed E-state index contributed by atoms with van der Waals surface area (Å²) in [7, 11) is 0. The molecular formula is C20H15FN4O5S. The first-order valence-corrected chi connectivity index (χ1v) is 9.91. The third kappa shape index (κ3) is 4.67. The third-order valence-corrected chi connectivity index (χ3v) is 5.40. The van der Waals surface area contributed by atoms with Crippen molar-refractivity contribution in [3.8, 4) is 5.75 Å². The zero-order valence-electron chi connectivity index (χ0n) is 15.9. The number of amides is 2. The van der Waals surface area contributed by atoms with Crippen molar-refractivity contribution in [1.29, 1.82) is 0 Å². The number of hydrogen-bond donors (Lipinski definition) is 1. The molecule has 0 fully saturated rings. The summed E-state index contributed by atoms with van der Waals surface area (Å²) in [5.41, 5.74) is 0.851. The topological polar surface area (TPSA) is 115 Å². The van der Waals surface area contributed by atoms with Crippen molar-refractivity contribution in [3.05, 3.63) is 75.0 Å². The minimum atomic E-state index is -0.587. The van der Waals surface area contributed by atoms with Gasteiger partial charge in [-0.25, -0.2) is 9.37 Å². The summed E-state index contributed by atoms with van der Waals surface area (Å²) in [5, 5.41) is 14.0. The molecule has 2 heterocycles. The van der Waals surface area contributed by atoms with Gasteiger partial charge in [-0.15, -0.1) is 11.3 Å². The monoisotopic (exact) mass is 442 g/mol. The molecule has 0 unspecified atom stereocenters. The number of fused-ring (bicyclic) bond motifs is 1. The standard InChI is InChI=1S/C20H15FN4O5S/c21-13-3-1-12(2-4-13)7-15-9-22-20(31-15)23-18(26)10-24-16-8-14(25(28)29)5-6-17(16)30-11-19(24)27/h1-6,8-9H,7,10-11H2,(H,22,23,26). The van der Waals surface area contributed by atoms with Gasteiger partial charge in [-0.05, 0) is 23.8 Å². The van der Waals surface area contributed by atoms with Crippen LogP contribution >= 0.6 is 11.3 Å². The molecule has 0 bridgehead atoms. The van der Waals surface area contributed by atoms with E-state index in [2.05, 4.69) is 10.3 Å². The van der Waals surface area contributed by atoms with E-state index >= 15 is 0 Å². The summed E-state index contributed by atoms with van der Waals surface area (Å²) in [5.74, 6) is -1.02. The van der Waals surface area contributed by atoms with Crippen molar-refractivity contribution >= 4 is 39.7 Å². The molecule has 0 atom stereocenters. The van der Waals surface area contributed by atoms with E-state index in [1.165, 1.54) is 41.7 Å². The van der Waals surface area contributed by atoms with Gasteiger partial charge in [0.15, 0.2) is 11.7 Å². The normalized spacial score (nSPS) is 12.8. The SMILES string of the molecule is O=C(CN1C(=O)COc2ccc([N+](=O)[O-])cc21)Nc1ncc(Cc2ccc(F)cc2)s1. The fraction of sp³-hybridized carbons (Fsp3) is 0.150. The number of rotatable bonds is 6. The first-order valence-electron chi connectivity index (χ1n) is 9.09. The molecular weight excluding hydrogens is 427 g/mol. The Hall–Kier alpha value is -3.86. The Balaban J connectivity index is 1.44. The summed E-state index contributed by atoms with van der Waals surface area (Å²) >= 11 is 1.26. The molecule has 1 aromatic heterocycles. The number of nitro benzene ring substituents is 1. The van der Waals surface area contributed by atoms with E-state index in [1.54, 1.807) is 18.3 Å². The number of ether oxygens (including phenoxy) is 1. The molecule has 0 radical (unpaired) electrons. The van der Waals surface area contributed by atoms with Crippen LogP contribution in [0, 0.1) is 15.9 Å². The molecule has 0 spiro atoms. The highest BCUT2D eigenvalue weighted by Crippen LogP contribution is 2.35. The van der Waals surface area contributed by atoms with Crippen LogP contribution in [0.5, 0.6) is 5.75 Å². The quantitative estimate of drug-likeness (QED) is 0.463. The first-order chi connectivity index (χ1) is 14.9. The molecule has 0 saturated heterocycles. The number of halogens is 1. The maximum Gasteiger partial charge on any atom is 0.271 e. The maximum absolute atomic E-state index is 13.0. The fourth-order valence-electron chi connectivity index (χ4n) is 3.03. The number of non-ortho nitro benzene ring substituents is 1. The zero-order chi connectivity index (χ0) is 22.0. The molecule has 2 amide bonds. The highest BCUT2D eigenvalue weighted by molar-refractivity contribution is 7.15. The van der Waals surface area contributed by atoms with Crippen molar-refractivity contribution < 1.29 is 23.6 Å². The number of benzene rings is 2. The lowest BCUT2D eigenvalue weighted by Crippen LogP contribution is -2.43. The lowest BCUT2D eigenvalue weighted by molar-refractivity contribution is -0.384. The molecule has 1 aliphatic rings. The minimum absolute atomic E-state index is 0.164. The lowest BCUT2D eigenvalue weighted by Gasteiger charge is -2.28. The lowest BCUT2D eigenvalue weighted by atomic mass is 10.1. The zero-order valence-corrected chi connectivity index (χ0v) is 16.7. The highest BCUT2D eigenvalue weighted by Gasteiger charge is 2.29. The number of nitrogens with one attached hydrogen (secondary N) is 1. The van der Waals surface area contributed by atoms with Gasteiger partial charge in [0, 0.05) is 29.6 Å². The number of hydrogen-bond acceptors (Lipinski definition) is 7. The highest BCUT2D eigenvalue weighted by atomic mass is 32.1. The number of thiazole rings is 1. The summed E-state index contributed by atoms with van der Waals surface area (Å²) in [6.45, 7) is -0.611. The predicted molar refractivity (Wildman–Crippen MR) is 111 cm³/mol. The van der Waals surface area contributed by atoms with Gasteiger partial charge >= 0.3 is 0 Å². The van der Waals surface area contributed by atoms with Crippen LogP contribution < -0.4 is 15.0 Å². The van der Waals surface area contributed by atoms with Crippen LogP contribution in [-0.4, -0.2) is 34.9 Å². The van der Waals surface area contributed by atoms with Crippen LogP contribution in [0.1, 0.15) is 10.4 Å². The smallest absolute Gasteiger partial charge is 0.271 e. The van der Waals surface area contributed by atoms with Crippen LogP contribution in [0.3, 0.4) is 0 Å². The maximum atomic E-state index is 13.0. The molecule has 11 heteroatoms. The average molecular weight is 442 g/mol. The van der Waals surface area contributed by atoms with Gasteiger partial charge in [-0.1, -0.05) is 12.1 Å². The van der Waals surface area contributed by atoms with E-state index in [1.807, 2.05) is 0 Å². The van der Waals surface area contributed by atoms with Crippen LogP contribution in [0.15, 0.2) is 48.7 Å². The Labute approximate surface area is 179 Å². The van der Waals surface area contributed by atoms with Gasteiger partial charge in [-0.3, -0.25) is 24.6 Å². The molecule has 3 aromatic rings. The van der Waals surface area contributed by atoms with Crippen molar-refractivity contribution in [3.63, 3.8) is 0 Å². The largest absolute Gasteiger partial charge is 0.482 e. The first kappa shape index (κ1) is 20.4. The summed E-state index contributed by atoms with van der Waals surface area (Å²) in [4.78, 5) is 41.4. The molecule has 158 valence electrons. The number of anilines is 2. The van der Waals surface area contributed by atoms with Crippen LogP contribution in [0.4, 0.5) is 20.9 Å². The van der Waals surface area contributed by atoms with E-state index < -0.39 is 16.7 Å². The van der Waals surface area contributed by atoms with E-state index in [-0.39, 0.29) is 36.1 Å². The van der Waals surface area contributed by atoms with E-state index in [0.717, 1.165) is 15.3 Å². The summed E-state index contributed by atoms with van der Waals surface area (Å²) in [6.07, 6.45) is 2.15. The predicted octanol–water partition coefficient (Wildman–Crippen LogP) is 3.15. The Bertz CT molecular complexity index is 1160. The Morgan fingerprint density at radius 2 is 2.06 bits per heavy atom. The van der Waals surface area contributed by atoms with Gasteiger partial charge in [0.1, 0.15) is 18.1 Å². The molecule has 4 rings (SSSR count). The Kier molecular flexibility index (Phi) is 5.58. The van der Waals surface area contributed by atoms with E-state index in [4.69, 9.17) is 4.74 Å². The van der Waals surface area contributed by atoms with Crippen LogP contribution in [-0.2, 0) is 16.0 Å². The second-order valence-corrected chi connectivity index (χ2v) is 7.78. The van der Waals surface area contributed by atoms with Crippen LogP contribution in [0.25, 0.3) is 0 Å². The number of carbonyl (C=O) groups is 2. The Morgan fingerprint density at radius 1 is 1.29 bits per heavy atom. The van der Waals surface area contributed by atoms with Gasteiger partial charge < -0.3 is 10.1 Å². The third-order valence-electron chi connectivity index (χ3n) is 4.49. The van der Waals surface area contributed by atoms with Crippen molar-refractivity contribution in [2.75, 3.05) is 23.4 Å². The number of aromatic nitrogens is 1. The molecule has 1 N–H and O–H groups in total. The molecule has 31 heavy (non-hydrogen) atoms. The van der Waals surface area contributed by atoms with E-state index in [0.29, 0.717) is 11.6 Å². The van der Waals surface area contributed by atoms with Gasteiger partial charge in [0.2, 0.25) is 5.91 Å². The van der Waals surface area contributed by atoms with Gasteiger partial charge in [0.05, 0.1) is 10.6 Å². The molecule has 0 aliphatic carbocycles. The fourth-order valence-corrected chi connectivity index (χ4v) is 3.89. The Morgan fingerprint density at radius 3 is 2.81 bits per heavy atom. The molecule has 1 aliphatic heterocycles. The molecule has 9 nitrogen and oxygen atoms in total. The minimum Gasteiger partial charge on any atom is -0.482 e. The molecule has 0 saturated carbocycles. The summed E-state index contributed by atoms with van der Waals surface area (Å²) in [6, 6.07) is 9.96. The molecule has 2 aromatic carbocycles. The van der Waals surface area contributed by atoms with Crippen LogP contribution in [0.2, 0.25) is 0 Å². The average Bonchev–Trinajstić information content (AvgIpc) is 3.18. The van der Waals surface area contributed by atoms with Crippen molar-refractivity contribution in [2.45, 2.75) is 6.42 Å². The second kappa shape index (κ2) is 8.48. The van der Waals surface area contributed by atoms with E-state index in [9.17, 15) is 24.1 Å². The number of nitro groups is 1. The number of nitrogens with zero attached hydrogens (tertiary/aromatic N) is 3. The number of carbonyl (C=O) groups excluding carboxylic acids is 2.